The average Bonchev–Trinajstić information content (AvgIpc) is 2.30. The Morgan fingerprint density at radius 2 is 1.61 bits per heavy atom. The number of benzene rings is 1. The van der Waals surface area contributed by atoms with Gasteiger partial charge in [0.15, 0.2) is 0 Å². The molecule has 1 aromatic carbocycles. The second kappa shape index (κ2) is 6.06. The molecule has 0 unspecified atom stereocenters. The molecule has 0 aliphatic heterocycles. The predicted octanol–water partition coefficient (Wildman–Crippen LogP) is -0.324. The van der Waals surface area contributed by atoms with Gasteiger partial charge >= 0.3 is 26.2 Å². The van der Waals surface area contributed by atoms with Gasteiger partial charge in [-0.3, -0.25) is 0 Å². The summed E-state index contributed by atoms with van der Waals surface area (Å²) in [6.07, 6.45) is 2.90. The first-order valence-electron chi connectivity index (χ1n) is 4.73. The minimum absolute atomic E-state index is 0. The van der Waals surface area contributed by atoms with Gasteiger partial charge in [0, 0.05) is 18.1 Å². The minimum atomic E-state index is -3.66. The fraction of sp³-hybridized carbons (Fsp3) is 0. The molecule has 3 N–H and O–H groups in total. The normalized spacial score (nSPS) is 10.4. The summed E-state index contributed by atoms with van der Waals surface area (Å²) in [6, 6.07) is 7.46. The summed E-state index contributed by atoms with van der Waals surface area (Å²) in [5, 5.41) is 0. The van der Waals surface area contributed by atoms with Gasteiger partial charge in [-0.25, -0.2) is 23.1 Å². The third kappa shape index (κ3) is 3.61. The van der Waals surface area contributed by atoms with E-state index in [1.54, 1.807) is 6.07 Å². The molecule has 2 aromatic rings. The van der Waals surface area contributed by atoms with Gasteiger partial charge in [0.05, 0.1) is 4.90 Å². The molecule has 8 heteroatoms. The van der Waals surface area contributed by atoms with Crippen molar-refractivity contribution >= 4 is 47.9 Å². The van der Waals surface area contributed by atoms with E-state index in [-0.39, 0.29) is 37.0 Å². The molecule has 0 amide bonds. The molecule has 2 rings (SSSR count). The number of nitrogens with two attached hydrogens (primary N) is 1. The van der Waals surface area contributed by atoms with Crippen LogP contribution < -0.4 is 10.5 Å². The number of aromatic nitrogens is 2. The Hall–Kier alpha value is -1.27. The van der Waals surface area contributed by atoms with Crippen molar-refractivity contribution in [2.75, 3.05) is 10.5 Å². The Kier molecular flexibility index (Phi) is 4.98. The Labute approximate surface area is 124 Å². The van der Waals surface area contributed by atoms with E-state index in [0.717, 1.165) is 0 Å². The van der Waals surface area contributed by atoms with Crippen LogP contribution in [-0.2, 0) is 10.0 Å². The van der Waals surface area contributed by atoms with Crippen molar-refractivity contribution in [1.82, 2.24) is 9.97 Å². The number of anilines is 2. The molecule has 18 heavy (non-hydrogen) atoms. The van der Waals surface area contributed by atoms with Crippen molar-refractivity contribution in [3.05, 3.63) is 42.7 Å². The zero-order valence-corrected chi connectivity index (χ0v) is 15.8. The van der Waals surface area contributed by atoms with Crippen LogP contribution in [0.1, 0.15) is 0 Å². The van der Waals surface area contributed by atoms with Gasteiger partial charge in [-0.1, -0.05) is 0 Å². The van der Waals surface area contributed by atoms with E-state index in [0.29, 0.717) is 5.69 Å². The van der Waals surface area contributed by atoms with E-state index in [1.807, 2.05) is 0 Å². The zero-order chi connectivity index (χ0) is 12.3. The molecule has 96 valence electrons. The van der Waals surface area contributed by atoms with E-state index in [9.17, 15) is 8.42 Å². The van der Waals surface area contributed by atoms with Crippen LogP contribution in [0.2, 0.25) is 0 Å². The first-order chi connectivity index (χ1) is 8.08. The van der Waals surface area contributed by atoms with E-state index in [2.05, 4.69) is 14.7 Å². The van der Waals surface area contributed by atoms with E-state index >= 15 is 0 Å². The molecule has 1 aromatic heterocycles. The number of nitrogens with zero attached hydrogens (tertiary/aromatic N) is 2. The number of nitrogen functional groups attached to an aromatic ring is 1. The Balaban J connectivity index is 0.00000162. The first kappa shape index (κ1) is 14.8. The molecular weight excluding hydrogens is 449 g/mol. The standard InChI is InChI=1S/C10H10N4O2S.Bi.3H/c11-8-2-4-9(5-3-8)17(15,16)14-10-12-6-1-7-13-10;;;;/h1-7H,11H2,(H,12,13,14);;;;. The number of nitrogens with one attached hydrogen (secondary N) is 1. The summed E-state index contributed by atoms with van der Waals surface area (Å²) in [7, 11) is -3.66. The molecule has 0 bridgehead atoms. The third-order valence-corrected chi connectivity index (χ3v) is 3.33. The van der Waals surface area contributed by atoms with Crippen LogP contribution in [0.4, 0.5) is 11.6 Å². The SMILES string of the molecule is Nc1ccc(S(=O)(=O)Nc2ncccn2)cc1.[BiH3]. The molecule has 0 aliphatic rings. The Morgan fingerprint density at radius 1 is 1.06 bits per heavy atom. The molecule has 0 atom stereocenters. The number of sulfonamides is 1. The van der Waals surface area contributed by atoms with Crippen LogP contribution in [0, 0.1) is 0 Å². The average molecular weight is 462 g/mol. The van der Waals surface area contributed by atoms with Crippen LogP contribution in [0.15, 0.2) is 47.6 Å². The van der Waals surface area contributed by atoms with Gasteiger partial charge in [0.1, 0.15) is 0 Å². The maximum absolute atomic E-state index is 11.9. The van der Waals surface area contributed by atoms with Crippen LogP contribution in [0.3, 0.4) is 0 Å². The van der Waals surface area contributed by atoms with Crippen molar-refractivity contribution < 1.29 is 8.42 Å². The first-order valence-corrected chi connectivity index (χ1v) is 6.22. The van der Waals surface area contributed by atoms with Crippen molar-refractivity contribution in [1.29, 1.82) is 0 Å². The van der Waals surface area contributed by atoms with Gasteiger partial charge < -0.3 is 5.73 Å². The molecule has 1 heterocycles. The maximum atomic E-state index is 11.9. The molecule has 0 saturated carbocycles. The van der Waals surface area contributed by atoms with Crippen molar-refractivity contribution in [3.63, 3.8) is 0 Å². The second-order valence-electron chi connectivity index (χ2n) is 3.25. The summed E-state index contributed by atoms with van der Waals surface area (Å²) in [5.41, 5.74) is 5.98. The van der Waals surface area contributed by atoms with E-state index < -0.39 is 10.0 Å². The van der Waals surface area contributed by atoms with Crippen molar-refractivity contribution in [2.45, 2.75) is 4.90 Å². The number of hydrogen-bond donors (Lipinski definition) is 2. The summed E-state index contributed by atoms with van der Waals surface area (Å²) in [5.74, 6) is 0.0318. The predicted molar refractivity (Wildman–Crippen MR) is 73.6 cm³/mol. The second-order valence-corrected chi connectivity index (χ2v) is 4.93. The summed E-state index contributed by atoms with van der Waals surface area (Å²) in [6.45, 7) is 0. The summed E-state index contributed by atoms with van der Waals surface area (Å²) < 4.78 is 26.0. The van der Waals surface area contributed by atoms with E-state index in [1.165, 1.54) is 36.7 Å². The number of hydrogen-bond acceptors (Lipinski definition) is 5. The molecule has 6 nitrogen and oxygen atoms in total. The topological polar surface area (TPSA) is 98.0 Å². The monoisotopic (exact) mass is 462 g/mol. The van der Waals surface area contributed by atoms with Crippen LogP contribution in [0.5, 0.6) is 0 Å². The van der Waals surface area contributed by atoms with Gasteiger partial charge in [-0.05, 0) is 30.3 Å². The number of rotatable bonds is 3. The van der Waals surface area contributed by atoms with Crippen LogP contribution in [-0.4, -0.2) is 44.6 Å². The van der Waals surface area contributed by atoms with Gasteiger partial charge in [0.2, 0.25) is 5.95 Å². The molecule has 0 saturated heterocycles. The van der Waals surface area contributed by atoms with Gasteiger partial charge in [-0.2, -0.15) is 0 Å². The Morgan fingerprint density at radius 3 is 2.17 bits per heavy atom. The molecule has 0 aliphatic carbocycles. The summed E-state index contributed by atoms with van der Waals surface area (Å²) in [4.78, 5) is 7.67. The molecular formula is C10H13BiN4O2S. The van der Waals surface area contributed by atoms with Crippen LogP contribution in [0.25, 0.3) is 0 Å². The van der Waals surface area contributed by atoms with Crippen molar-refractivity contribution in [2.24, 2.45) is 0 Å². The summed E-state index contributed by atoms with van der Waals surface area (Å²) >= 11 is 0. The molecule has 0 fully saturated rings. The van der Waals surface area contributed by atoms with Crippen molar-refractivity contribution in [3.8, 4) is 0 Å². The zero-order valence-electron chi connectivity index (χ0n) is 9.45. The molecule has 0 radical (unpaired) electrons. The quantitative estimate of drug-likeness (QED) is 0.482. The third-order valence-electron chi connectivity index (χ3n) is 1.98. The molecule has 0 spiro atoms. The fourth-order valence-corrected chi connectivity index (χ4v) is 2.14. The van der Waals surface area contributed by atoms with Gasteiger partial charge in [0.25, 0.3) is 10.0 Å². The Bertz CT molecular complexity index is 602. The van der Waals surface area contributed by atoms with Crippen LogP contribution >= 0.6 is 0 Å². The van der Waals surface area contributed by atoms with Gasteiger partial charge in [-0.15, -0.1) is 0 Å². The van der Waals surface area contributed by atoms with E-state index in [4.69, 9.17) is 5.73 Å². The fourth-order valence-electron chi connectivity index (χ4n) is 1.18.